The van der Waals surface area contributed by atoms with Gasteiger partial charge in [0, 0.05) is 29.9 Å². The molecule has 3 aromatic rings. The summed E-state index contributed by atoms with van der Waals surface area (Å²) >= 11 is 0. The predicted octanol–water partition coefficient (Wildman–Crippen LogP) is 4.29. The van der Waals surface area contributed by atoms with Crippen molar-refractivity contribution in [3.8, 4) is 0 Å². The first kappa shape index (κ1) is 22.0. The lowest BCUT2D eigenvalue weighted by molar-refractivity contribution is 0.249. The Balaban J connectivity index is 1.41. The third kappa shape index (κ3) is 4.81. The maximum Gasteiger partial charge on any atom is 0.319 e. The van der Waals surface area contributed by atoms with Crippen LogP contribution in [0.25, 0.3) is 0 Å². The summed E-state index contributed by atoms with van der Waals surface area (Å²) in [6.45, 7) is 2.87. The molecule has 166 valence electrons. The summed E-state index contributed by atoms with van der Waals surface area (Å²) in [7, 11) is -3.74. The van der Waals surface area contributed by atoms with Crippen LogP contribution in [0.5, 0.6) is 0 Å². The van der Waals surface area contributed by atoms with Gasteiger partial charge in [0.2, 0.25) is 0 Å². The SMILES string of the molecule is CC(NC(=O)Nc1ccc(S(=O)(=O)Cc2ccc3c(c2F)CNC3)cc1)c1ccccc1. The van der Waals surface area contributed by atoms with Gasteiger partial charge in [-0.05, 0) is 42.3 Å². The number of sulfone groups is 1. The Kier molecular flexibility index (Phi) is 6.25. The summed E-state index contributed by atoms with van der Waals surface area (Å²) in [6.07, 6.45) is 0. The molecule has 1 aliphatic rings. The summed E-state index contributed by atoms with van der Waals surface area (Å²) in [6, 6.07) is 18.1. The molecule has 4 rings (SSSR count). The van der Waals surface area contributed by atoms with Crippen molar-refractivity contribution in [2.45, 2.75) is 36.7 Å². The number of fused-ring (bicyclic) bond motifs is 1. The van der Waals surface area contributed by atoms with Gasteiger partial charge in [0.1, 0.15) is 5.82 Å². The molecule has 0 fully saturated rings. The van der Waals surface area contributed by atoms with Gasteiger partial charge in [0.15, 0.2) is 9.84 Å². The van der Waals surface area contributed by atoms with E-state index in [1.807, 2.05) is 37.3 Å². The zero-order valence-electron chi connectivity index (χ0n) is 17.6. The van der Waals surface area contributed by atoms with Gasteiger partial charge >= 0.3 is 6.03 Å². The highest BCUT2D eigenvalue weighted by atomic mass is 32.2. The maximum atomic E-state index is 14.7. The van der Waals surface area contributed by atoms with Crippen molar-refractivity contribution in [2.24, 2.45) is 0 Å². The van der Waals surface area contributed by atoms with E-state index in [0.29, 0.717) is 24.3 Å². The van der Waals surface area contributed by atoms with Gasteiger partial charge in [-0.2, -0.15) is 0 Å². The quantitative estimate of drug-likeness (QED) is 0.520. The van der Waals surface area contributed by atoms with Gasteiger partial charge < -0.3 is 16.0 Å². The fraction of sp³-hybridized carbons (Fsp3) is 0.208. The molecule has 3 N–H and O–H groups in total. The Morgan fingerprint density at radius 3 is 2.47 bits per heavy atom. The van der Waals surface area contributed by atoms with Crippen LogP contribution in [0.3, 0.4) is 0 Å². The number of hydrogen-bond donors (Lipinski definition) is 3. The molecule has 1 unspecified atom stereocenters. The van der Waals surface area contributed by atoms with Crippen LogP contribution < -0.4 is 16.0 Å². The Hall–Kier alpha value is -3.23. The van der Waals surface area contributed by atoms with Crippen molar-refractivity contribution in [1.29, 1.82) is 0 Å². The lowest BCUT2D eigenvalue weighted by Crippen LogP contribution is -2.31. The van der Waals surface area contributed by atoms with Crippen LogP contribution in [-0.2, 0) is 28.7 Å². The Morgan fingerprint density at radius 1 is 1.03 bits per heavy atom. The molecule has 32 heavy (non-hydrogen) atoms. The first-order valence-electron chi connectivity index (χ1n) is 10.3. The Labute approximate surface area is 186 Å². The molecule has 2 amide bonds. The lowest BCUT2D eigenvalue weighted by atomic mass is 10.1. The van der Waals surface area contributed by atoms with Crippen LogP contribution in [0, 0.1) is 5.82 Å². The molecule has 0 saturated carbocycles. The van der Waals surface area contributed by atoms with Crippen LogP contribution in [0.4, 0.5) is 14.9 Å². The van der Waals surface area contributed by atoms with Crippen LogP contribution in [-0.4, -0.2) is 14.4 Å². The summed E-state index contributed by atoms with van der Waals surface area (Å²) < 4.78 is 40.3. The van der Waals surface area contributed by atoms with E-state index in [-0.39, 0.29) is 16.5 Å². The topological polar surface area (TPSA) is 87.3 Å². The van der Waals surface area contributed by atoms with Crippen molar-refractivity contribution in [3.05, 3.63) is 94.8 Å². The van der Waals surface area contributed by atoms with Crippen molar-refractivity contribution >= 4 is 21.6 Å². The van der Waals surface area contributed by atoms with E-state index < -0.39 is 27.4 Å². The standard InChI is InChI=1S/C24H24FN3O3S/c1-16(17-5-3-2-4-6-17)27-24(29)28-20-9-11-21(12-10-20)32(30,31)15-19-8-7-18-13-26-14-22(18)23(19)25/h2-12,16,26H,13-15H2,1H3,(H2,27,28,29). The molecular weight excluding hydrogens is 429 g/mol. The molecule has 0 aliphatic carbocycles. The number of carbonyl (C=O) groups is 1. The molecule has 0 bridgehead atoms. The van der Waals surface area contributed by atoms with Crippen molar-refractivity contribution < 1.29 is 17.6 Å². The number of urea groups is 1. The molecule has 0 aromatic heterocycles. The maximum absolute atomic E-state index is 14.7. The molecule has 1 heterocycles. The summed E-state index contributed by atoms with van der Waals surface area (Å²) in [4.78, 5) is 12.3. The first-order chi connectivity index (χ1) is 15.3. The van der Waals surface area contributed by atoms with E-state index in [1.54, 1.807) is 6.07 Å². The zero-order valence-corrected chi connectivity index (χ0v) is 18.4. The van der Waals surface area contributed by atoms with Crippen molar-refractivity contribution in [2.75, 3.05) is 5.32 Å². The minimum atomic E-state index is -3.74. The normalized spacial score (nSPS) is 13.9. The van der Waals surface area contributed by atoms with Gasteiger partial charge in [-0.15, -0.1) is 0 Å². The molecule has 0 spiro atoms. The fourth-order valence-corrected chi connectivity index (χ4v) is 5.07. The molecule has 0 saturated heterocycles. The second kappa shape index (κ2) is 9.10. The zero-order chi connectivity index (χ0) is 22.7. The van der Waals surface area contributed by atoms with E-state index >= 15 is 0 Å². The molecule has 1 aliphatic heterocycles. The summed E-state index contributed by atoms with van der Waals surface area (Å²) in [5, 5.41) is 8.59. The predicted molar refractivity (Wildman–Crippen MR) is 121 cm³/mol. The Bertz CT molecular complexity index is 1230. The van der Waals surface area contributed by atoms with Gasteiger partial charge in [0.05, 0.1) is 16.7 Å². The van der Waals surface area contributed by atoms with E-state index in [9.17, 15) is 17.6 Å². The first-order valence-corrected chi connectivity index (χ1v) is 11.9. The van der Waals surface area contributed by atoms with Crippen molar-refractivity contribution in [1.82, 2.24) is 10.6 Å². The number of anilines is 1. The lowest BCUT2D eigenvalue weighted by Gasteiger charge is -2.15. The van der Waals surface area contributed by atoms with Crippen LogP contribution >= 0.6 is 0 Å². The van der Waals surface area contributed by atoms with Gasteiger partial charge in [0.25, 0.3) is 0 Å². The van der Waals surface area contributed by atoms with E-state index in [4.69, 9.17) is 0 Å². The number of amides is 2. The molecule has 1 atom stereocenters. The third-order valence-corrected chi connectivity index (χ3v) is 7.18. The summed E-state index contributed by atoms with van der Waals surface area (Å²) in [5.41, 5.74) is 2.98. The van der Waals surface area contributed by atoms with Gasteiger partial charge in [-0.3, -0.25) is 0 Å². The minimum Gasteiger partial charge on any atom is -0.331 e. The fourth-order valence-electron chi connectivity index (χ4n) is 3.72. The highest BCUT2D eigenvalue weighted by molar-refractivity contribution is 7.90. The van der Waals surface area contributed by atoms with E-state index in [0.717, 1.165) is 11.1 Å². The Morgan fingerprint density at radius 2 is 1.75 bits per heavy atom. The van der Waals surface area contributed by atoms with Gasteiger partial charge in [-0.1, -0.05) is 42.5 Å². The number of halogens is 1. The second-order valence-electron chi connectivity index (χ2n) is 7.79. The highest BCUT2D eigenvalue weighted by Crippen LogP contribution is 2.26. The molecule has 8 heteroatoms. The number of hydrogen-bond acceptors (Lipinski definition) is 4. The van der Waals surface area contributed by atoms with Crippen LogP contribution in [0.2, 0.25) is 0 Å². The number of carbonyl (C=O) groups excluding carboxylic acids is 1. The van der Waals surface area contributed by atoms with Crippen molar-refractivity contribution in [3.63, 3.8) is 0 Å². The third-order valence-electron chi connectivity index (χ3n) is 5.50. The summed E-state index contributed by atoms with van der Waals surface area (Å²) in [5.74, 6) is -0.882. The average Bonchev–Trinajstić information content (AvgIpc) is 3.26. The minimum absolute atomic E-state index is 0.0686. The van der Waals surface area contributed by atoms with Crippen LogP contribution in [0.15, 0.2) is 71.6 Å². The van der Waals surface area contributed by atoms with E-state index in [1.165, 1.54) is 30.3 Å². The highest BCUT2D eigenvalue weighted by Gasteiger charge is 2.22. The number of benzene rings is 3. The largest absolute Gasteiger partial charge is 0.331 e. The number of nitrogens with one attached hydrogen (secondary N) is 3. The molecule has 3 aromatic carbocycles. The molecule has 0 radical (unpaired) electrons. The second-order valence-corrected chi connectivity index (χ2v) is 9.78. The molecule has 6 nitrogen and oxygen atoms in total. The monoisotopic (exact) mass is 453 g/mol. The smallest absolute Gasteiger partial charge is 0.319 e. The van der Waals surface area contributed by atoms with E-state index in [2.05, 4.69) is 16.0 Å². The number of rotatable bonds is 6. The van der Waals surface area contributed by atoms with Gasteiger partial charge in [-0.25, -0.2) is 17.6 Å². The average molecular weight is 454 g/mol. The molecular formula is C24H24FN3O3S. The van der Waals surface area contributed by atoms with Crippen LogP contribution in [0.1, 0.15) is 35.2 Å².